The van der Waals surface area contributed by atoms with Crippen LogP contribution in [0.1, 0.15) is 11.1 Å². The molecule has 0 fully saturated rings. The lowest BCUT2D eigenvalue weighted by Crippen LogP contribution is -2.35. The summed E-state index contributed by atoms with van der Waals surface area (Å²) in [5.41, 5.74) is 2.00. The first kappa shape index (κ1) is 23.5. The predicted molar refractivity (Wildman–Crippen MR) is 138 cm³/mol. The molecule has 130 valence electrons. The predicted octanol–water partition coefficient (Wildman–Crippen LogP) is 10.7. The fourth-order valence-corrected chi connectivity index (χ4v) is 9.08. The molecule has 0 aliphatic rings. The minimum absolute atomic E-state index is 0.679. The van der Waals surface area contributed by atoms with Crippen LogP contribution in [0.2, 0.25) is 0 Å². The molecule has 0 heterocycles. The Kier molecular flexibility index (Phi) is 8.76. The number of benzene rings is 2. The Morgan fingerprint density at radius 2 is 1.00 bits per heavy atom. The molecule has 2 aromatic carbocycles. The van der Waals surface area contributed by atoms with Crippen LogP contribution in [0.5, 0.6) is 0 Å². The average Bonchev–Trinajstić information content (AvgIpc) is 2.50. The molecular weight excluding hydrogens is 967 g/mol. The van der Waals surface area contributed by atoms with Crippen molar-refractivity contribution in [1.82, 2.24) is 0 Å². The van der Waals surface area contributed by atoms with Gasteiger partial charge in [-0.05, 0) is 91.3 Å². The Morgan fingerprint density at radius 1 is 0.583 bits per heavy atom. The van der Waals surface area contributed by atoms with Gasteiger partial charge in [0.2, 0.25) is 0 Å². The van der Waals surface area contributed by atoms with E-state index < -0.39 is 6.47 Å². The summed E-state index contributed by atoms with van der Waals surface area (Å²) in [4.78, 5) is 0. The normalized spacial score (nSPS) is 14.6. The third-order valence-corrected chi connectivity index (χ3v) is 14.8. The smallest absolute Gasteiger partial charge is 0.0712 e. The Morgan fingerprint density at radius 3 is 1.42 bits per heavy atom. The van der Waals surface area contributed by atoms with Crippen molar-refractivity contribution in [1.29, 1.82) is 0 Å². The highest BCUT2D eigenvalue weighted by atomic mass is 80.0. The molecule has 0 saturated carbocycles. The van der Waals surface area contributed by atoms with Gasteiger partial charge in [0.1, 0.15) is 4.32 Å². The van der Waals surface area contributed by atoms with Gasteiger partial charge in [0.15, 0.2) is 2.14 Å². The molecule has 0 saturated heterocycles. The summed E-state index contributed by atoms with van der Waals surface area (Å²) in [5.74, 6) is 0. The van der Waals surface area contributed by atoms with Gasteiger partial charge >= 0.3 is 0 Å². The van der Waals surface area contributed by atoms with Crippen LogP contribution in [0.15, 0.2) is 51.1 Å². The molecule has 1 atom stereocenters. The zero-order chi connectivity index (χ0) is 18.4. The maximum absolute atomic E-state index is 3.98. The van der Waals surface area contributed by atoms with Crippen molar-refractivity contribution in [2.24, 2.45) is 0 Å². The molecule has 10 heteroatoms. The molecule has 1 unspecified atom stereocenters. The quantitative estimate of drug-likeness (QED) is 0.160. The lowest BCUT2D eigenvalue weighted by Gasteiger charge is -2.39. The fourth-order valence-electron chi connectivity index (χ4n) is 2.08. The van der Waals surface area contributed by atoms with E-state index in [1.807, 2.05) is 18.2 Å². The number of halogens is 10. The van der Waals surface area contributed by atoms with Crippen LogP contribution in [0.4, 0.5) is 0 Å². The lowest BCUT2D eigenvalue weighted by atomic mass is 9.92. The maximum atomic E-state index is 3.98. The first-order valence-corrected chi connectivity index (χ1v) is 13.9. The molecule has 0 amide bonds. The van der Waals surface area contributed by atoms with Crippen molar-refractivity contribution in [2.45, 2.75) is 6.47 Å². The molecule has 0 aliphatic carbocycles. The summed E-state index contributed by atoms with van der Waals surface area (Å²) in [6.45, 7) is 0. The van der Waals surface area contributed by atoms with Crippen LogP contribution >= 0.6 is 159 Å². The molecule has 24 heavy (non-hydrogen) atoms. The third-order valence-electron chi connectivity index (χ3n) is 3.19. The van der Waals surface area contributed by atoms with Crippen LogP contribution < -0.4 is 0 Å². The molecular formula is C14H4Br10. The largest absolute Gasteiger partial charge is 0.158 e. The lowest BCUT2D eigenvalue weighted by molar-refractivity contribution is 0.813. The Hall–Kier alpha value is 3.24. The van der Waals surface area contributed by atoms with Crippen molar-refractivity contribution in [3.05, 3.63) is 62.2 Å². The Bertz CT molecular complexity index is 766. The van der Waals surface area contributed by atoms with Crippen LogP contribution in [-0.2, 0) is 4.32 Å². The fraction of sp³-hybridized carbons (Fsp3) is 0.143. The minimum atomic E-state index is -0.691. The van der Waals surface area contributed by atoms with E-state index in [0.29, 0.717) is 0 Å². The molecule has 0 aromatic heterocycles. The van der Waals surface area contributed by atoms with Crippen LogP contribution in [0, 0.1) is 0 Å². The van der Waals surface area contributed by atoms with Crippen molar-refractivity contribution in [3.8, 4) is 0 Å². The van der Waals surface area contributed by atoms with Gasteiger partial charge in [-0.25, -0.2) is 0 Å². The molecule has 0 nitrogen and oxygen atoms in total. The van der Waals surface area contributed by atoms with Gasteiger partial charge in [0.25, 0.3) is 0 Å². The second-order valence-corrected chi connectivity index (χ2v) is 17.4. The number of alkyl halides is 4. The third kappa shape index (κ3) is 4.23. The SMILES string of the molecule is Brc1ccccc1C(Br)(c1c(Br)c(Br)c(Br)c(Br)c1Br)C(Br)(Br)Br. The van der Waals surface area contributed by atoms with Gasteiger partial charge < -0.3 is 0 Å². The van der Waals surface area contributed by atoms with Crippen molar-refractivity contribution in [2.75, 3.05) is 0 Å². The van der Waals surface area contributed by atoms with E-state index in [1.54, 1.807) is 0 Å². The van der Waals surface area contributed by atoms with Crippen LogP contribution in [-0.4, -0.2) is 2.14 Å². The highest BCUT2D eigenvalue weighted by Crippen LogP contribution is 2.63. The first-order chi connectivity index (χ1) is 10.9. The van der Waals surface area contributed by atoms with E-state index in [9.17, 15) is 0 Å². The van der Waals surface area contributed by atoms with Crippen molar-refractivity contribution >= 4 is 159 Å². The highest BCUT2D eigenvalue weighted by Gasteiger charge is 2.51. The van der Waals surface area contributed by atoms with E-state index in [1.165, 1.54) is 0 Å². The van der Waals surface area contributed by atoms with Crippen LogP contribution in [0.3, 0.4) is 0 Å². The van der Waals surface area contributed by atoms with Gasteiger partial charge in [0, 0.05) is 32.4 Å². The van der Waals surface area contributed by atoms with Gasteiger partial charge in [-0.2, -0.15) is 0 Å². The Balaban J connectivity index is 3.00. The second-order valence-electron chi connectivity index (χ2n) is 4.58. The van der Waals surface area contributed by atoms with E-state index in [-0.39, 0.29) is 0 Å². The second kappa shape index (κ2) is 8.94. The summed E-state index contributed by atoms with van der Waals surface area (Å²) >= 11 is 37.2. The highest BCUT2D eigenvalue weighted by molar-refractivity contribution is 9.40. The first-order valence-electron chi connectivity index (χ1n) is 5.97. The Labute approximate surface area is 224 Å². The van der Waals surface area contributed by atoms with E-state index >= 15 is 0 Å². The van der Waals surface area contributed by atoms with Crippen molar-refractivity contribution < 1.29 is 0 Å². The molecule has 0 N–H and O–H groups in total. The average molecular weight is 971 g/mol. The molecule has 0 bridgehead atoms. The van der Waals surface area contributed by atoms with E-state index in [2.05, 4.69) is 165 Å². The van der Waals surface area contributed by atoms with Gasteiger partial charge in [-0.3, -0.25) is 0 Å². The van der Waals surface area contributed by atoms with Crippen molar-refractivity contribution in [3.63, 3.8) is 0 Å². The molecule has 2 aromatic rings. The van der Waals surface area contributed by atoms with Gasteiger partial charge in [-0.15, -0.1) is 0 Å². The van der Waals surface area contributed by atoms with Crippen LogP contribution in [0.25, 0.3) is 0 Å². The zero-order valence-corrected chi connectivity index (χ0v) is 26.9. The minimum Gasteiger partial charge on any atom is -0.0712 e. The number of rotatable bonds is 2. The monoisotopic (exact) mass is 961 g/mol. The molecule has 0 radical (unpaired) electrons. The van der Waals surface area contributed by atoms with Gasteiger partial charge in [0.05, 0.1) is 0 Å². The summed E-state index contributed by atoms with van der Waals surface area (Å²) < 4.78 is 4.13. The van der Waals surface area contributed by atoms with E-state index in [4.69, 9.17) is 0 Å². The zero-order valence-electron chi connectivity index (χ0n) is 11.1. The summed E-state index contributed by atoms with van der Waals surface area (Å²) in [6.07, 6.45) is 0. The molecule has 0 aliphatic heterocycles. The standard InChI is InChI=1S/C14H4Br10/c15-6-4-2-1-3-5(6)13(21,14(22,23)24)7-8(16)10(18)12(20)11(19)9(7)17/h1-4H. The van der Waals surface area contributed by atoms with Gasteiger partial charge in [-0.1, -0.05) is 97.8 Å². The molecule has 2 rings (SSSR count). The number of hydrogen-bond acceptors (Lipinski definition) is 0. The summed E-state index contributed by atoms with van der Waals surface area (Å²) in [7, 11) is 0. The van der Waals surface area contributed by atoms with E-state index in [0.717, 1.165) is 38.0 Å². The number of hydrogen-bond donors (Lipinski definition) is 0. The molecule has 0 spiro atoms. The topological polar surface area (TPSA) is 0 Å². The maximum Gasteiger partial charge on any atom is 0.158 e. The summed E-state index contributed by atoms with van der Waals surface area (Å²) in [6, 6.07) is 8.05. The summed E-state index contributed by atoms with van der Waals surface area (Å²) in [5, 5.41) is 0.